The number of amides is 1. The zero-order valence-corrected chi connectivity index (χ0v) is 18.0. The molecule has 0 saturated carbocycles. The van der Waals surface area contributed by atoms with Gasteiger partial charge in [0.25, 0.3) is 5.91 Å². The number of likely N-dealkylation sites (tertiary alicyclic amines) is 1. The third kappa shape index (κ3) is 5.49. The van der Waals surface area contributed by atoms with Crippen LogP contribution in [-0.4, -0.2) is 52.1 Å². The molecule has 3 aromatic rings. The minimum Gasteiger partial charge on any atom is -0.489 e. The van der Waals surface area contributed by atoms with Crippen LogP contribution < -0.4 is 4.74 Å². The highest BCUT2D eigenvalue weighted by atomic mass is 16.5. The molecule has 1 fully saturated rings. The maximum Gasteiger partial charge on any atom is 0.257 e. The number of aromatic nitrogens is 2. The molecule has 162 valence electrons. The number of benzene rings is 1. The van der Waals surface area contributed by atoms with Gasteiger partial charge in [-0.2, -0.15) is 0 Å². The molecule has 0 bridgehead atoms. The van der Waals surface area contributed by atoms with E-state index in [0.29, 0.717) is 23.6 Å². The average molecular weight is 421 g/mol. The number of carbonyl (C=O) groups is 1. The van der Waals surface area contributed by atoms with Crippen molar-refractivity contribution < 1.29 is 14.1 Å². The number of carbonyl (C=O) groups excluding carboxylic acids is 1. The Balaban J connectivity index is 1.35. The van der Waals surface area contributed by atoms with Crippen LogP contribution in [0.1, 0.15) is 40.3 Å². The van der Waals surface area contributed by atoms with Gasteiger partial charge in [-0.05, 0) is 44.0 Å². The van der Waals surface area contributed by atoms with E-state index in [1.807, 2.05) is 55.6 Å². The molecule has 4 rings (SSSR count). The van der Waals surface area contributed by atoms with Gasteiger partial charge in [0.2, 0.25) is 0 Å². The van der Waals surface area contributed by atoms with E-state index in [2.05, 4.69) is 21.1 Å². The second-order valence-corrected chi connectivity index (χ2v) is 8.01. The van der Waals surface area contributed by atoms with Crippen molar-refractivity contribution in [3.8, 4) is 5.75 Å². The SMILES string of the molecule is Cc1cc(CN(C)C(=O)c2ccccc2OC2CCN(Cc3ccccn3)CC2)on1. The Kier molecular flexibility index (Phi) is 6.62. The normalized spacial score (nSPS) is 15.0. The maximum atomic E-state index is 13.0. The monoisotopic (exact) mass is 420 g/mol. The van der Waals surface area contributed by atoms with Crippen LogP contribution in [0.3, 0.4) is 0 Å². The molecule has 3 heterocycles. The van der Waals surface area contributed by atoms with Crippen molar-refractivity contribution in [3.63, 3.8) is 0 Å². The molecule has 2 aromatic heterocycles. The lowest BCUT2D eigenvalue weighted by atomic mass is 10.1. The summed E-state index contributed by atoms with van der Waals surface area (Å²) in [6.07, 6.45) is 3.77. The molecule has 1 saturated heterocycles. The zero-order valence-electron chi connectivity index (χ0n) is 18.0. The summed E-state index contributed by atoms with van der Waals surface area (Å²) >= 11 is 0. The molecule has 31 heavy (non-hydrogen) atoms. The number of piperidine rings is 1. The molecule has 0 radical (unpaired) electrons. The zero-order chi connectivity index (χ0) is 21.6. The Labute approximate surface area is 182 Å². The first-order chi connectivity index (χ1) is 15.1. The smallest absolute Gasteiger partial charge is 0.257 e. The van der Waals surface area contributed by atoms with E-state index in [0.717, 1.165) is 43.9 Å². The summed E-state index contributed by atoms with van der Waals surface area (Å²) in [5, 5.41) is 3.88. The average Bonchev–Trinajstić information content (AvgIpc) is 3.20. The number of aryl methyl sites for hydroxylation is 1. The van der Waals surface area contributed by atoms with E-state index in [1.165, 1.54) is 0 Å². The van der Waals surface area contributed by atoms with Gasteiger partial charge in [-0.3, -0.25) is 14.7 Å². The van der Waals surface area contributed by atoms with Crippen LogP contribution >= 0.6 is 0 Å². The number of rotatable bonds is 7. The van der Waals surface area contributed by atoms with Crippen LogP contribution in [0.4, 0.5) is 0 Å². The summed E-state index contributed by atoms with van der Waals surface area (Å²) in [5.41, 5.74) is 2.45. The standard InChI is InChI=1S/C24H28N4O3/c1-18-15-21(31-26-18)17-27(2)24(29)22-8-3-4-9-23(22)30-20-10-13-28(14-11-20)16-19-7-5-6-12-25-19/h3-9,12,15,20H,10-11,13-14,16-17H2,1-2H3. The quantitative estimate of drug-likeness (QED) is 0.581. The van der Waals surface area contributed by atoms with Crippen molar-refractivity contribution in [3.05, 3.63) is 77.4 Å². The van der Waals surface area contributed by atoms with Crippen molar-refractivity contribution in [2.75, 3.05) is 20.1 Å². The number of nitrogens with zero attached hydrogens (tertiary/aromatic N) is 4. The molecule has 7 nitrogen and oxygen atoms in total. The topological polar surface area (TPSA) is 71.7 Å². The first-order valence-corrected chi connectivity index (χ1v) is 10.6. The number of hydrogen-bond donors (Lipinski definition) is 0. The molecular weight excluding hydrogens is 392 g/mol. The predicted octanol–water partition coefficient (Wildman–Crippen LogP) is 3.69. The Morgan fingerprint density at radius 2 is 1.97 bits per heavy atom. The van der Waals surface area contributed by atoms with E-state index < -0.39 is 0 Å². The molecule has 0 atom stereocenters. The van der Waals surface area contributed by atoms with Crippen molar-refractivity contribution in [1.29, 1.82) is 0 Å². The summed E-state index contributed by atoms with van der Waals surface area (Å²) in [6, 6.07) is 15.3. The van der Waals surface area contributed by atoms with E-state index in [1.54, 1.807) is 11.9 Å². The summed E-state index contributed by atoms with van der Waals surface area (Å²) in [7, 11) is 1.76. The molecule has 0 N–H and O–H groups in total. The summed E-state index contributed by atoms with van der Waals surface area (Å²) in [4.78, 5) is 21.5. The molecule has 1 amide bonds. The van der Waals surface area contributed by atoms with Crippen molar-refractivity contribution in [2.45, 2.75) is 39.0 Å². The fourth-order valence-electron chi connectivity index (χ4n) is 3.83. The largest absolute Gasteiger partial charge is 0.489 e. The third-order valence-electron chi connectivity index (χ3n) is 5.47. The minimum atomic E-state index is -0.0998. The lowest BCUT2D eigenvalue weighted by molar-refractivity contribution is 0.0745. The van der Waals surface area contributed by atoms with Gasteiger partial charge >= 0.3 is 0 Å². The van der Waals surface area contributed by atoms with Crippen molar-refractivity contribution in [1.82, 2.24) is 19.9 Å². The van der Waals surface area contributed by atoms with Crippen molar-refractivity contribution >= 4 is 5.91 Å². The first kappa shape index (κ1) is 21.1. The molecule has 7 heteroatoms. The lowest BCUT2D eigenvalue weighted by Crippen LogP contribution is -2.38. The fourth-order valence-corrected chi connectivity index (χ4v) is 3.83. The molecule has 0 unspecified atom stereocenters. The second-order valence-electron chi connectivity index (χ2n) is 8.01. The highest BCUT2D eigenvalue weighted by Crippen LogP contribution is 2.25. The predicted molar refractivity (Wildman–Crippen MR) is 117 cm³/mol. The van der Waals surface area contributed by atoms with Crippen LogP contribution in [0.5, 0.6) is 5.75 Å². The van der Waals surface area contributed by atoms with Gasteiger partial charge < -0.3 is 14.2 Å². The Morgan fingerprint density at radius 3 is 2.68 bits per heavy atom. The number of pyridine rings is 1. The molecule has 1 aliphatic heterocycles. The Bertz CT molecular complexity index is 997. The minimum absolute atomic E-state index is 0.0937. The van der Waals surface area contributed by atoms with Crippen LogP contribution in [0.2, 0.25) is 0 Å². The van der Waals surface area contributed by atoms with Gasteiger partial charge in [0.1, 0.15) is 11.9 Å². The highest BCUT2D eigenvalue weighted by molar-refractivity contribution is 5.96. The van der Waals surface area contributed by atoms with Gasteiger partial charge in [-0.15, -0.1) is 0 Å². The summed E-state index contributed by atoms with van der Waals surface area (Å²) in [5.74, 6) is 1.19. The third-order valence-corrected chi connectivity index (χ3v) is 5.47. The summed E-state index contributed by atoms with van der Waals surface area (Å²) < 4.78 is 11.5. The molecule has 0 spiro atoms. The van der Waals surface area contributed by atoms with Gasteiger partial charge in [0.15, 0.2) is 5.76 Å². The van der Waals surface area contributed by atoms with Crippen LogP contribution in [0.25, 0.3) is 0 Å². The van der Waals surface area contributed by atoms with Gasteiger partial charge in [-0.1, -0.05) is 23.4 Å². The number of hydrogen-bond acceptors (Lipinski definition) is 6. The van der Waals surface area contributed by atoms with Crippen molar-refractivity contribution in [2.24, 2.45) is 0 Å². The number of ether oxygens (including phenoxy) is 1. The van der Waals surface area contributed by atoms with Gasteiger partial charge in [-0.25, -0.2) is 0 Å². The van der Waals surface area contributed by atoms with Gasteiger partial charge in [0.05, 0.1) is 23.5 Å². The van der Waals surface area contributed by atoms with E-state index in [4.69, 9.17) is 9.26 Å². The maximum absolute atomic E-state index is 13.0. The first-order valence-electron chi connectivity index (χ1n) is 10.6. The Hall–Kier alpha value is -3.19. The molecular formula is C24H28N4O3. The molecule has 1 aromatic carbocycles. The summed E-state index contributed by atoms with van der Waals surface area (Å²) in [6.45, 7) is 4.97. The van der Waals surface area contributed by atoms with Gasteiger partial charge in [0, 0.05) is 38.9 Å². The van der Waals surface area contributed by atoms with E-state index in [9.17, 15) is 4.79 Å². The number of para-hydroxylation sites is 1. The highest BCUT2D eigenvalue weighted by Gasteiger charge is 2.24. The molecule has 1 aliphatic rings. The second kappa shape index (κ2) is 9.75. The Morgan fingerprint density at radius 1 is 1.19 bits per heavy atom. The molecule has 0 aliphatic carbocycles. The van der Waals surface area contributed by atoms with Crippen LogP contribution in [-0.2, 0) is 13.1 Å². The lowest BCUT2D eigenvalue weighted by Gasteiger charge is -2.32. The fraction of sp³-hybridized carbons (Fsp3) is 0.375. The van der Waals surface area contributed by atoms with Crippen LogP contribution in [0.15, 0.2) is 59.3 Å². The van der Waals surface area contributed by atoms with Crippen LogP contribution in [0, 0.1) is 6.92 Å². The van der Waals surface area contributed by atoms with E-state index >= 15 is 0 Å². The van der Waals surface area contributed by atoms with E-state index in [-0.39, 0.29) is 12.0 Å².